The molecule has 0 amide bonds. The Morgan fingerprint density at radius 2 is 2.00 bits per heavy atom. The van der Waals surface area contributed by atoms with E-state index in [9.17, 15) is 8.42 Å². The second-order valence-electron chi connectivity index (χ2n) is 4.74. The van der Waals surface area contributed by atoms with E-state index < -0.39 is 9.84 Å². The fourth-order valence-electron chi connectivity index (χ4n) is 1.79. The number of sulfone groups is 1. The first kappa shape index (κ1) is 16.6. The molecule has 0 aromatic carbocycles. The monoisotopic (exact) mass is 304 g/mol. The van der Waals surface area contributed by atoms with Crippen LogP contribution in [0.1, 0.15) is 48.7 Å². The topological polar surface area (TPSA) is 59.1 Å². The van der Waals surface area contributed by atoms with Crippen LogP contribution in [0.4, 0.5) is 0 Å². The van der Waals surface area contributed by atoms with E-state index >= 15 is 0 Å². The van der Waals surface area contributed by atoms with E-state index in [1.54, 1.807) is 0 Å². The number of nitrogens with one attached hydrogen (secondary N) is 1. The van der Waals surface area contributed by atoms with Crippen molar-refractivity contribution < 1.29 is 8.42 Å². The van der Waals surface area contributed by atoms with E-state index in [2.05, 4.69) is 17.2 Å². The summed E-state index contributed by atoms with van der Waals surface area (Å²) >= 11 is 1.52. The molecule has 0 aliphatic heterocycles. The maximum absolute atomic E-state index is 11.8. The molecule has 6 heteroatoms. The van der Waals surface area contributed by atoms with Crippen LogP contribution in [-0.2, 0) is 22.1 Å². The number of hydrogen-bond donors (Lipinski definition) is 1. The van der Waals surface area contributed by atoms with Crippen LogP contribution in [0.15, 0.2) is 0 Å². The first-order valence-corrected chi connectivity index (χ1v) is 9.48. The molecule has 110 valence electrons. The average molecular weight is 304 g/mol. The summed E-state index contributed by atoms with van der Waals surface area (Å²) in [5.74, 6) is 0.330. The van der Waals surface area contributed by atoms with Crippen LogP contribution in [0.25, 0.3) is 0 Å². The molecule has 0 aliphatic carbocycles. The SMILES string of the molecule is CCCCNCc1sc(CS(=O)(=O)CCC)nc1C. The Bertz CT molecular complexity index is 481. The first-order valence-electron chi connectivity index (χ1n) is 6.84. The molecule has 1 aromatic rings. The summed E-state index contributed by atoms with van der Waals surface area (Å²) in [4.78, 5) is 5.53. The lowest BCUT2D eigenvalue weighted by Crippen LogP contribution is -2.14. The van der Waals surface area contributed by atoms with Crippen molar-refractivity contribution in [1.82, 2.24) is 10.3 Å². The van der Waals surface area contributed by atoms with Crippen LogP contribution in [0.3, 0.4) is 0 Å². The number of rotatable bonds is 9. The van der Waals surface area contributed by atoms with Gasteiger partial charge in [-0.25, -0.2) is 13.4 Å². The van der Waals surface area contributed by atoms with Crippen LogP contribution in [0.2, 0.25) is 0 Å². The van der Waals surface area contributed by atoms with Gasteiger partial charge in [0, 0.05) is 11.4 Å². The second-order valence-corrected chi connectivity index (χ2v) is 8.09. The Morgan fingerprint density at radius 1 is 1.26 bits per heavy atom. The van der Waals surface area contributed by atoms with Gasteiger partial charge in [0.15, 0.2) is 9.84 Å². The van der Waals surface area contributed by atoms with Gasteiger partial charge < -0.3 is 5.32 Å². The highest BCUT2D eigenvalue weighted by Gasteiger charge is 2.15. The predicted octanol–water partition coefficient (Wildman–Crippen LogP) is 2.67. The molecule has 0 bridgehead atoms. The van der Waals surface area contributed by atoms with Crippen molar-refractivity contribution >= 4 is 21.2 Å². The highest BCUT2D eigenvalue weighted by Crippen LogP contribution is 2.20. The van der Waals surface area contributed by atoms with Crippen molar-refractivity contribution in [2.24, 2.45) is 0 Å². The van der Waals surface area contributed by atoms with E-state index in [-0.39, 0.29) is 11.5 Å². The Hall–Kier alpha value is -0.460. The summed E-state index contributed by atoms with van der Waals surface area (Å²) in [7, 11) is -2.99. The summed E-state index contributed by atoms with van der Waals surface area (Å²) in [6.45, 7) is 7.78. The molecule has 0 unspecified atom stereocenters. The minimum atomic E-state index is -2.99. The third kappa shape index (κ3) is 6.01. The molecule has 0 saturated heterocycles. The Labute approximate surface area is 120 Å². The quantitative estimate of drug-likeness (QED) is 0.713. The van der Waals surface area contributed by atoms with Crippen LogP contribution >= 0.6 is 11.3 Å². The van der Waals surface area contributed by atoms with E-state index in [1.165, 1.54) is 17.8 Å². The van der Waals surface area contributed by atoms with E-state index in [0.717, 1.165) is 35.1 Å². The lowest BCUT2D eigenvalue weighted by atomic mass is 10.3. The number of nitrogens with zero attached hydrogens (tertiary/aromatic N) is 1. The third-order valence-electron chi connectivity index (χ3n) is 2.79. The van der Waals surface area contributed by atoms with E-state index in [0.29, 0.717) is 6.42 Å². The second kappa shape index (κ2) is 7.97. The van der Waals surface area contributed by atoms with Gasteiger partial charge in [-0.05, 0) is 26.3 Å². The molecule has 19 heavy (non-hydrogen) atoms. The molecule has 0 atom stereocenters. The fourth-order valence-corrected chi connectivity index (χ4v) is 4.61. The first-order chi connectivity index (χ1) is 8.98. The Kier molecular flexibility index (Phi) is 6.96. The molecule has 4 nitrogen and oxygen atoms in total. The standard InChI is InChI=1S/C13H24N2O2S2/c1-4-6-7-14-9-12-11(3)15-13(18-12)10-19(16,17)8-5-2/h14H,4-10H2,1-3H3. The predicted molar refractivity (Wildman–Crippen MR) is 81.2 cm³/mol. The van der Waals surface area contributed by atoms with Crippen molar-refractivity contribution in [3.8, 4) is 0 Å². The minimum Gasteiger partial charge on any atom is -0.312 e. The third-order valence-corrected chi connectivity index (χ3v) is 5.87. The molecule has 0 saturated carbocycles. The maximum atomic E-state index is 11.8. The van der Waals surface area contributed by atoms with Gasteiger partial charge in [0.05, 0.1) is 11.4 Å². The van der Waals surface area contributed by atoms with Gasteiger partial charge >= 0.3 is 0 Å². The lowest BCUT2D eigenvalue weighted by Gasteiger charge is -2.01. The number of hydrogen-bond acceptors (Lipinski definition) is 5. The zero-order chi connectivity index (χ0) is 14.3. The van der Waals surface area contributed by atoms with Gasteiger partial charge in [0.25, 0.3) is 0 Å². The summed E-state index contributed by atoms with van der Waals surface area (Å²) in [5, 5.41) is 4.09. The van der Waals surface area contributed by atoms with E-state index in [1.807, 2.05) is 13.8 Å². The minimum absolute atomic E-state index is 0.0846. The molecule has 0 fully saturated rings. The molecule has 1 rings (SSSR count). The highest BCUT2D eigenvalue weighted by molar-refractivity contribution is 7.90. The summed E-state index contributed by atoms with van der Waals surface area (Å²) in [6, 6.07) is 0. The number of aromatic nitrogens is 1. The number of unbranched alkanes of at least 4 members (excludes halogenated alkanes) is 1. The molecular weight excluding hydrogens is 280 g/mol. The van der Waals surface area contributed by atoms with E-state index in [4.69, 9.17) is 0 Å². The molecule has 0 radical (unpaired) electrons. The van der Waals surface area contributed by atoms with Crippen molar-refractivity contribution in [3.63, 3.8) is 0 Å². The molecule has 0 spiro atoms. The number of aryl methyl sites for hydroxylation is 1. The van der Waals surface area contributed by atoms with Crippen molar-refractivity contribution in [2.45, 2.75) is 52.3 Å². The smallest absolute Gasteiger partial charge is 0.156 e. The molecule has 0 aliphatic rings. The Morgan fingerprint density at radius 3 is 2.63 bits per heavy atom. The average Bonchev–Trinajstić information content (AvgIpc) is 2.64. The van der Waals surface area contributed by atoms with Gasteiger partial charge in [-0.2, -0.15) is 0 Å². The fraction of sp³-hybridized carbons (Fsp3) is 0.769. The number of thiazole rings is 1. The van der Waals surface area contributed by atoms with Gasteiger partial charge in [-0.3, -0.25) is 0 Å². The van der Waals surface area contributed by atoms with Crippen LogP contribution in [-0.4, -0.2) is 25.7 Å². The summed E-state index contributed by atoms with van der Waals surface area (Å²) < 4.78 is 23.5. The van der Waals surface area contributed by atoms with Crippen molar-refractivity contribution in [2.75, 3.05) is 12.3 Å². The van der Waals surface area contributed by atoms with Crippen molar-refractivity contribution in [3.05, 3.63) is 15.6 Å². The molecular formula is C13H24N2O2S2. The molecule has 1 aromatic heterocycles. The molecule has 1 N–H and O–H groups in total. The van der Waals surface area contributed by atoms with Gasteiger partial charge in [-0.1, -0.05) is 20.3 Å². The highest BCUT2D eigenvalue weighted by atomic mass is 32.2. The van der Waals surface area contributed by atoms with Gasteiger partial charge in [0.1, 0.15) is 10.8 Å². The zero-order valence-electron chi connectivity index (χ0n) is 12.0. The Balaban J connectivity index is 2.58. The normalized spacial score (nSPS) is 11.9. The van der Waals surface area contributed by atoms with Crippen molar-refractivity contribution in [1.29, 1.82) is 0 Å². The van der Waals surface area contributed by atoms with Gasteiger partial charge in [0.2, 0.25) is 0 Å². The van der Waals surface area contributed by atoms with Crippen LogP contribution in [0.5, 0.6) is 0 Å². The summed E-state index contributed by atoms with van der Waals surface area (Å²) in [5.41, 5.74) is 0.954. The van der Waals surface area contributed by atoms with Crippen LogP contribution < -0.4 is 5.32 Å². The van der Waals surface area contributed by atoms with Crippen LogP contribution in [0, 0.1) is 6.92 Å². The largest absolute Gasteiger partial charge is 0.312 e. The van der Waals surface area contributed by atoms with Gasteiger partial charge in [-0.15, -0.1) is 11.3 Å². The summed E-state index contributed by atoms with van der Waals surface area (Å²) in [6.07, 6.45) is 3.00. The zero-order valence-corrected chi connectivity index (χ0v) is 13.7. The maximum Gasteiger partial charge on any atom is 0.156 e. The lowest BCUT2D eigenvalue weighted by molar-refractivity contribution is 0.594. The molecule has 1 heterocycles.